The number of hydrogen-bond acceptors (Lipinski definition) is 5. The van der Waals surface area contributed by atoms with Crippen molar-refractivity contribution in [1.82, 2.24) is 9.47 Å². The van der Waals surface area contributed by atoms with Gasteiger partial charge < -0.3 is 19.5 Å². The Labute approximate surface area is 176 Å². The number of aromatic nitrogens is 1. The van der Waals surface area contributed by atoms with Crippen LogP contribution in [0.15, 0.2) is 51.7 Å². The molecule has 0 aliphatic carbocycles. The molecule has 0 aliphatic heterocycles. The molecule has 7 nitrogen and oxygen atoms in total. The van der Waals surface area contributed by atoms with E-state index < -0.39 is 5.76 Å². The van der Waals surface area contributed by atoms with Crippen LogP contribution in [0.1, 0.15) is 30.1 Å². The van der Waals surface area contributed by atoms with Crippen LogP contribution >= 0.6 is 0 Å². The number of unbranched alkanes of at least 4 members (excludes halogenated alkanes) is 1. The highest BCUT2D eigenvalue weighted by Gasteiger charge is 2.12. The topological polar surface area (TPSA) is 70.7 Å². The van der Waals surface area contributed by atoms with Crippen molar-refractivity contribution in [2.45, 2.75) is 26.3 Å². The van der Waals surface area contributed by atoms with Crippen molar-refractivity contribution in [3.05, 3.63) is 58.6 Å². The van der Waals surface area contributed by atoms with Crippen molar-refractivity contribution < 1.29 is 9.21 Å². The van der Waals surface area contributed by atoms with Crippen molar-refractivity contribution in [2.75, 3.05) is 44.4 Å². The number of carbonyl (C=O) groups excluding carboxylic acids is 1. The Morgan fingerprint density at radius 1 is 1.07 bits per heavy atom. The molecule has 7 heteroatoms. The van der Waals surface area contributed by atoms with E-state index in [1.165, 1.54) is 0 Å². The number of carbonyl (C=O) groups is 1. The molecule has 2 aromatic carbocycles. The fraction of sp³-hybridized carbons (Fsp3) is 0.391. The van der Waals surface area contributed by atoms with Gasteiger partial charge in [0.25, 0.3) is 5.91 Å². The molecule has 3 rings (SSSR count). The van der Waals surface area contributed by atoms with Crippen LogP contribution in [0.2, 0.25) is 0 Å². The summed E-state index contributed by atoms with van der Waals surface area (Å²) < 4.78 is 6.90. The number of hydrogen-bond donors (Lipinski definition) is 1. The number of likely N-dealkylation sites (N-methyl/N-ethyl adjacent to an activating group) is 1. The van der Waals surface area contributed by atoms with Crippen LogP contribution in [-0.2, 0) is 6.54 Å². The molecule has 30 heavy (non-hydrogen) atoms. The Balaban J connectivity index is 1.74. The van der Waals surface area contributed by atoms with E-state index in [4.69, 9.17) is 4.42 Å². The Hall–Kier alpha value is -3.06. The molecule has 0 atom stereocenters. The summed E-state index contributed by atoms with van der Waals surface area (Å²) in [7, 11) is 5.96. The smallest absolute Gasteiger partial charge is 0.408 e. The maximum Gasteiger partial charge on any atom is 0.419 e. The van der Waals surface area contributed by atoms with Crippen molar-refractivity contribution >= 4 is 28.4 Å². The lowest BCUT2D eigenvalue weighted by atomic mass is 10.1. The van der Waals surface area contributed by atoms with Crippen LogP contribution < -0.4 is 16.0 Å². The monoisotopic (exact) mass is 410 g/mol. The minimum absolute atomic E-state index is 0.192. The second-order valence-electron chi connectivity index (χ2n) is 7.78. The normalized spacial score (nSPS) is 11.2. The molecule has 1 amide bonds. The highest BCUT2D eigenvalue weighted by atomic mass is 16.4. The van der Waals surface area contributed by atoms with E-state index >= 15 is 0 Å². The van der Waals surface area contributed by atoms with Crippen LogP contribution in [0.4, 0.5) is 11.4 Å². The molecule has 0 fully saturated rings. The molecule has 160 valence electrons. The van der Waals surface area contributed by atoms with Crippen LogP contribution in [-0.4, -0.2) is 49.6 Å². The Morgan fingerprint density at radius 2 is 1.80 bits per heavy atom. The van der Waals surface area contributed by atoms with Gasteiger partial charge in [0.1, 0.15) is 0 Å². The van der Waals surface area contributed by atoms with Gasteiger partial charge in [0, 0.05) is 43.6 Å². The quantitative estimate of drug-likeness (QED) is 0.583. The summed E-state index contributed by atoms with van der Waals surface area (Å²) in [6.45, 7) is 4.39. The van der Waals surface area contributed by atoms with Gasteiger partial charge in [-0.05, 0) is 63.0 Å². The van der Waals surface area contributed by atoms with Crippen LogP contribution in [0.25, 0.3) is 11.1 Å². The first-order valence-electron chi connectivity index (χ1n) is 10.3. The zero-order chi connectivity index (χ0) is 21.7. The second-order valence-corrected chi connectivity index (χ2v) is 7.78. The molecular formula is C23H30N4O3. The SMILES string of the molecule is CCCCN(C)c1ccc(C(=O)Nc2ccc3oc(=O)n(CCN(C)C)c3c2)cc1. The second kappa shape index (κ2) is 9.63. The minimum Gasteiger partial charge on any atom is -0.408 e. The van der Waals surface area contributed by atoms with Gasteiger partial charge >= 0.3 is 5.76 Å². The number of rotatable bonds is 9. The lowest BCUT2D eigenvalue weighted by Gasteiger charge is -2.19. The maximum atomic E-state index is 12.7. The minimum atomic E-state index is -0.391. The molecular weight excluding hydrogens is 380 g/mol. The first-order valence-corrected chi connectivity index (χ1v) is 10.3. The zero-order valence-corrected chi connectivity index (χ0v) is 18.1. The number of anilines is 2. The van der Waals surface area contributed by atoms with E-state index in [1.54, 1.807) is 22.8 Å². The number of oxazole rings is 1. The number of benzene rings is 2. The van der Waals surface area contributed by atoms with E-state index in [2.05, 4.69) is 24.2 Å². The summed E-state index contributed by atoms with van der Waals surface area (Å²) >= 11 is 0. The third-order valence-corrected chi connectivity index (χ3v) is 5.11. The zero-order valence-electron chi connectivity index (χ0n) is 18.1. The molecule has 3 aromatic rings. The van der Waals surface area contributed by atoms with E-state index in [0.717, 1.165) is 25.1 Å². The van der Waals surface area contributed by atoms with Gasteiger partial charge in [0.15, 0.2) is 5.58 Å². The fourth-order valence-corrected chi connectivity index (χ4v) is 3.25. The predicted octanol–water partition coefficient (Wildman–Crippen LogP) is 3.64. The summed E-state index contributed by atoms with van der Waals surface area (Å²) in [6, 6.07) is 12.8. The average molecular weight is 411 g/mol. The predicted molar refractivity (Wildman–Crippen MR) is 122 cm³/mol. The third-order valence-electron chi connectivity index (χ3n) is 5.11. The molecule has 0 aliphatic rings. The van der Waals surface area contributed by atoms with Gasteiger partial charge in [0.2, 0.25) is 0 Å². The Morgan fingerprint density at radius 3 is 2.47 bits per heavy atom. The number of amides is 1. The number of nitrogens with zero attached hydrogens (tertiary/aromatic N) is 3. The van der Waals surface area contributed by atoms with Crippen LogP contribution in [0.5, 0.6) is 0 Å². The van der Waals surface area contributed by atoms with E-state index in [9.17, 15) is 9.59 Å². The van der Waals surface area contributed by atoms with Gasteiger partial charge in [-0.3, -0.25) is 9.36 Å². The summed E-state index contributed by atoms with van der Waals surface area (Å²) in [6.07, 6.45) is 2.28. The molecule has 0 saturated carbocycles. The molecule has 0 spiro atoms. The highest BCUT2D eigenvalue weighted by Crippen LogP contribution is 2.20. The van der Waals surface area contributed by atoms with Crippen LogP contribution in [0.3, 0.4) is 0 Å². The highest BCUT2D eigenvalue weighted by molar-refractivity contribution is 6.05. The van der Waals surface area contributed by atoms with Crippen molar-refractivity contribution in [2.24, 2.45) is 0 Å². The largest absolute Gasteiger partial charge is 0.419 e. The molecule has 1 N–H and O–H groups in total. The van der Waals surface area contributed by atoms with Crippen molar-refractivity contribution in [3.8, 4) is 0 Å². The third kappa shape index (κ3) is 5.10. The molecule has 1 heterocycles. The lowest BCUT2D eigenvalue weighted by Crippen LogP contribution is -2.23. The van der Waals surface area contributed by atoms with Gasteiger partial charge in [-0.2, -0.15) is 0 Å². The van der Waals surface area contributed by atoms with Crippen LogP contribution in [0, 0.1) is 0 Å². The standard InChI is InChI=1S/C23H30N4O3/c1-5-6-13-26(4)19-10-7-17(8-11-19)22(28)24-18-9-12-21-20(16-18)27(23(29)30-21)15-14-25(2)3/h7-12,16H,5-6,13-15H2,1-4H3,(H,24,28). The Kier molecular flexibility index (Phi) is 6.95. The Bertz CT molecular complexity index is 1050. The molecule has 0 unspecified atom stereocenters. The van der Waals surface area contributed by atoms with Gasteiger partial charge in [-0.1, -0.05) is 13.3 Å². The fourth-order valence-electron chi connectivity index (χ4n) is 3.25. The number of fused-ring (bicyclic) bond motifs is 1. The lowest BCUT2D eigenvalue weighted by molar-refractivity contribution is 0.102. The summed E-state index contributed by atoms with van der Waals surface area (Å²) in [4.78, 5) is 29.0. The molecule has 0 saturated heterocycles. The van der Waals surface area contributed by atoms with Crippen molar-refractivity contribution in [3.63, 3.8) is 0 Å². The summed E-state index contributed by atoms with van der Waals surface area (Å²) in [5, 5.41) is 2.91. The number of nitrogens with one attached hydrogen (secondary N) is 1. The van der Waals surface area contributed by atoms with Gasteiger partial charge in [-0.25, -0.2) is 4.79 Å². The molecule has 1 aromatic heterocycles. The van der Waals surface area contributed by atoms with E-state index in [1.807, 2.05) is 43.3 Å². The first kappa shape index (κ1) is 21.6. The van der Waals surface area contributed by atoms with Gasteiger partial charge in [-0.15, -0.1) is 0 Å². The first-order chi connectivity index (χ1) is 14.4. The average Bonchev–Trinajstić information content (AvgIpc) is 3.04. The summed E-state index contributed by atoms with van der Waals surface area (Å²) in [5.41, 5.74) is 3.48. The molecule has 0 bridgehead atoms. The van der Waals surface area contributed by atoms with E-state index in [-0.39, 0.29) is 5.91 Å². The summed E-state index contributed by atoms with van der Waals surface area (Å²) in [5.74, 6) is -0.582. The van der Waals surface area contributed by atoms with Gasteiger partial charge in [0.05, 0.1) is 5.52 Å². The molecule has 0 radical (unpaired) electrons. The maximum absolute atomic E-state index is 12.7. The van der Waals surface area contributed by atoms with E-state index in [0.29, 0.717) is 35.4 Å². The van der Waals surface area contributed by atoms with Crippen molar-refractivity contribution in [1.29, 1.82) is 0 Å².